The lowest BCUT2D eigenvalue weighted by Gasteiger charge is -2.42. The van der Waals surface area contributed by atoms with Gasteiger partial charge >= 0.3 is 0 Å². The molecule has 1 aliphatic heterocycles. The number of nitrogens with two attached hydrogens (primary N) is 1. The van der Waals surface area contributed by atoms with Crippen LogP contribution in [-0.2, 0) is 0 Å². The molecule has 1 aliphatic carbocycles. The van der Waals surface area contributed by atoms with Crippen molar-refractivity contribution in [2.75, 3.05) is 13.1 Å². The lowest BCUT2D eigenvalue weighted by atomic mass is 9.89. The van der Waals surface area contributed by atoms with Crippen LogP contribution >= 0.6 is 0 Å². The van der Waals surface area contributed by atoms with Gasteiger partial charge in [0.1, 0.15) is 6.17 Å². The summed E-state index contributed by atoms with van der Waals surface area (Å²) in [6, 6.07) is 0.470. The first-order valence-electron chi connectivity index (χ1n) is 4.91. The fourth-order valence-electron chi connectivity index (χ4n) is 2.03. The summed E-state index contributed by atoms with van der Waals surface area (Å²) >= 11 is 0. The van der Waals surface area contributed by atoms with E-state index in [0.717, 1.165) is 13.0 Å². The molecule has 2 aliphatic rings. The first kappa shape index (κ1) is 8.45. The first-order valence-corrected chi connectivity index (χ1v) is 4.91. The van der Waals surface area contributed by atoms with Crippen molar-refractivity contribution in [2.45, 2.75) is 43.9 Å². The second kappa shape index (κ2) is 3.30. The zero-order valence-corrected chi connectivity index (χ0v) is 7.38. The van der Waals surface area contributed by atoms with E-state index in [1.807, 2.05) is 0 Å². The van der Waals surface area contributed by atoms with Crippen LogP contribution in [0, 0.1) is 0 Å². The molecule has 0 spiro atoms. The third-order valence-electron chi connectivity index (χ3n) is 3.21. The maximum atomic E-state index is 13.2. The van der Waals surface area contributed by atoms with E-state index in [2.05, 4.69) is 4.90 Å². The topological polar surface area (TPSA) is 29.3 Å². The zero-order chi connectivity index (χ0) is 8.55. The second-order valence-corrected chi connectivity index (χ2v) is 4.05. The minimum absolute atomic E-state index is 0.207. The number of hydrogen-bond acceptors (Lipinski definition) is 2. The maximum Gasteiger partial charge on any atom is 0.128 e. The van der Waals surface area contributed by atoms with Gasteiger partial charge in [-0.1, -0.05) is 6.42 Å². The van der Waals surface area contributed by atoms with Gasteiger partial charge in [0.15, 0.2) is 0 Å². The average Bonchev–Trinajstić information content (AvgIpc) is 1.93. The molecule has 2 N–H and O–H groups in total. The molecule has 2 atom stereocenters. The number of halogens is 1. The van der Waals surface area contributed by atoms with Crippen molar-refractivity contribution in [3.8, 4) is 0 Å². The number of piperidine rings is 1. The summed E-state index contributed by atoms with van der Waals surface area (Å²) in [5.74, 6) is 0. The van der Waals surface area contributed by atoms with Crippen LogP contribution in [0.4, 0.5) is 4.39 Å². The summed E-state index contributed by atoms with van der Waals surface area (Å²) in [4.78, 5) is 2.28. The van der Waals surface area contributed by atoms with Crippen molar-refractivity contribution in [3.63, 3.8) is 0 Å². The molecule has 12 heavy (non-hydrogen) atoms. The molecule has 1 heterocycles. The van der Waals surface area contributed by atoms with Gasteiger partial charge in [-0.05, 0) is 19.3 Å². The SMILES string of the molecule is NC1CCN(C2CCC2)CC1F. The molecule has 0 radical (unpaired) electrons. The van der Waals surface area contributed by atoms with Gasteiger partial charge in [-0.25, -0.2) is 4.39 Å². The van der Waals surface area contributed by atoms with Gasteiger partial charge < -0.3 is 5.73 Å². The summed E-state index contributed by atoms with van der Waals surface area (Å²) in [5.41, 5.74) is 5.60. The Morgan fingerprint density at radius 3 is 2.50 bits per heavy atom. The van der Waals surface area contributed by atoms with Crippen LogP contribution in [0.2, 0.25) is 0 Å². The molecule has 70 valence electrons. The molecule has 1 saturated heterocycles. The van der Waals surface area contributed by atoms with Crippen LogP contribution in [0.5, 0.6) is 0 Å². The molecule has 1 saturated carbocycles. The third kappa shape index (κ3) is 1.48. The fourth-order valence-corrected chi connectivity index (χ4v) is 2.03. The van der Waals surface area contributed by atoms with Gasteiger partial charge in [0.2, 0.25) is 0 Å². The predicted octanol–water partition coefficient (Wildman–Crippen LogP) is 0.910. The standard InChI is InChI=1S/C9H17FN2/c10-8-6-12(5-4-9(8)11)7-2-1-3-7/h7-9H,1-6,11H2. The molecule has 0 bridgehead atoms. The number of rotatable bonds is 1. The minimum atomic E-state index is -0.792. The molecule has 2 unspecified atom stereocenters. The number of likely N-dealkylation sites (tertiary alicyclic amines) is 1. The van der Waals surface area contributed by atoms with Gasteiger partial charge in [-0.3, -0.25) is 4.90 Å². The smallest absolute Gasteiger partial charge is 0.128 e. The Morgan fingerprint density at radius 1 is 1.25 bits per heavy atom. The highest BCUT2D eigenvalue weighted by molar-refractivity contribution is 4.89. The highest BCUT2D eigenvalue weighted by Crippen LogP contribution is 2.27. The summed E-state index contributed by atoms with van der Waals surface area (Å²) in [6.45, 7) is 1.58. The molecular formula is C9H17FN2. The number of nitrogens with zero attached hydrogens (tertiary/aromatic N) is 1. The molecule has 0 amide bonds. The van der Waals surface area contributed by atoms with Gasteiger partial charge in [0.25, 0.3) is 0 Å². The highest BCUT2D eigenvalue weighted by atomic mass is 19.1. The first-order chi connectivity index (χ1) is 5.77. The van der Waals surface area contributed by atoms with Crippen LogP contribution < -0.4 is 5.73 Å². The summed E-state index contributed by atoms with van der Waals surface area (Å²) in [6.07, 6.45) is 3.89. The normalized spacial score (nSPS) is 39.5. The Bertz CT molecular complexity index is 159. The van der Waals surface area contributed by atoms with Crippen LogP contribution in [0.15, 0.2) is 0 Å². The van der Waals surface area contributed by atoms with Crippen molar-refractivity contribution in [1.82, 2.24) is 4.90 Å². The molecular weight excluding hydrogens is 155 g/mol. The second-order valence-electron chi connectivity index (χ2n) is 4.05. The largest absolute Gasteiger partial charge is 0.325 e. The Labute approximate surface area is 72.9 Å². The van der Waals surface area contributed by atoms with Crippen LogP contribution in [-0.4, -0.2) is 36.2 Å². The van der Waals surface area contributed by atoms with E-state index in [9.17, 15) is 4.39 Å². The lowest BCUT2D eigenvalue weighted by molar-refractivity contribution is 0.0513. The van der Waals surface area contributed by atoms with E-state index < -0.39 is 6.17 Å². The molecule has 3 heteroatoms. The van der Waals surface area contributed by atoms with Gasteiger partial charge in [-0.2, -0.15) is 0 Å². The van der Waals surface area contributed by atoms with E-state index in [1.54, 1.807) is 0 Å². The van der Waals surface area contributed by atoms with Crippen LogP contribution in [0.25, 0.3) is 0 Å². The zero-order valence-electron chi connectivity index (χ0n) is 7.38. The maximum absolute atomic E-state index is 13.2. The van der Waals surface area contributed by atoms with Crippen LogP contribution in [0.1, 0.15) is 25.7 Å². The summed E-state index contributed by atoms with van der Waals surface area (Å²) in [5, 5.41) is 0. The molecule has 0 aromatic rings. The van der Waals surface area contributed by atoms with Crippen molar-refractivity contribution in [3.05, 3.63) is 0 Å². The van der Waals surface area contributed by atoms with E-state index in [4.69, 9.17) is 5.73 Å². The molecule has 2 fully saturated rings. The Balaban J connectivity index is 1.84. The lowest BCUT2D eigenvalue weighted by Crippen LogP contribution is -2.53. The molecule has 0 aromatic carbocycles. The summed E-state index contributed by atoms with van der Waals surface area (Å²) in [7, 11) is 0. The van der Waals surface area contributed by atoms with E-state index in [-0.39, 0.29) is 6.04 Å². The fraction of sp³-hybridized carbons (Fsp3) is 1.00. The minimum Gasteiger partial charge on any atom is -0.325 e. The van der Waals surface area contributed by atoms with Crippen LogP contribution in [0.3, 0.4) is 0 Å². The Morgan fingerprint density at radius 2 is 2.00 bits per heavy atom. The third-order valence-corrected chi connectivity index (χ3v) is 3.21. The van der Waals surface area contributed by atoms with E-state index in [1.165, 1.54) is 19.3 Å². The quantitative estimate of drug-likeness (QED) is 0.637. The summed E-state index contributed by atoms with van der Waals surface area (Å²) < 4.78 is 13.2. The monoisotopic (exact) mass is 172 g/mol. The number of alkyl halides is 1. The molecule has 2 nitrogen and oxygen atoms in total. The highest BCUT2D eigenvalue weighted by Gasteiger charge is 2.32. The Kier molecular flexibility index (Phi) is 2.33. The van der Waals surface area contributed by atoms with E-state index >= 15 is 0 Å². The van der Waals surface area contributed by atoms with Crippen molar-refractivity contribution in [1.29, 1.82) is 0 Å². The van der Waals surface area contributed by atoms with E-state index in [0.29, 0.717) is 12.6 Å². The molecule has 0 aromatic heterocycles. The average molecular weight is 172 g/mol. The molecule has 2 rings (SSSR count). The van der Waals surface area contributed by atoms with Crippen molar-refractivity contribution < 1.29 is 4.39 Å². The predicted molar refractivity (Wildman–Crippen MR) is 46.7 cm³/mol. The number of hydrogen-bond donors (Lipinski definition) is 1. The van der Waals surface area contributed by atoms with Crippen molar-refractivity contribution in [2.24, 2.45) is 5.73 Å². The van der Waals surface area contributed by atoms with Crippen molar-refractivity contribution >= 4 is 0 Å². The van der Waals surface area contributed by atoms with Gasteiger partial charge in [-0.15, -0.1) is 0 Å². The van der Waals surface area contributed by atoms with Gasteiger partial charge in [0.05, 0.1) is 0 Å². The Hall–Kier alpha value is -0.150. The van der Waals surface area contributed by atoms with Gasteiger partial charge in [0, 0.05) is 25.2 Å².